The standard InChI is InChI=1S/C15H14BrNO4/c1-21-15(20)13(8-18)17-14(19)11-6-7-12(16)10-5-3-2-4-9(10)11/h2-7,13,18H,8H2,1H3,(H,17,19)/t13-/m0/s1. The number of aliphatic hydroxyl groups is 1. The van der Waals surface area contributed by atoms with Gasteiger partial charge in [-0.1, -0.05) is 40.2 Å². The average Bonchev–Trinajstić information content (AvgIpc) is 2.52. The van der Waals surface area contributed by atoms with E-state index in [9.17, 15) is 9.59 Å². The first-order valence-electron chi connectivity index (χ1n) is 6.25. The molecule has 5 nitrogen and oxygen atoms in total. The molecule has 0 heterocycles. The Morgan fingerprint density at radius 3 is 2.52 bits per heavy atom. The summed E-state index contributed by atoms with van der Waals surface area (Å²) in [5.74, 6) is -1.13. The van der Waals surface area contributed by atoms with Gasteiger partial charge in [0, 0.05) is 10.0 Å². The van der Waals surface area contributed by atoms with E-state index in [1.54, 1.807) is 12.1 Å². The maximum absolute atomic E-state index is 12.3. The molecule has 110 valence electrons. The van der Waals surface area contributed by atoms with Crippen molar-refractivity contribution in [3.63, 3.8) is 0 Å². The molecule has 1 amide bonds. The Labute approximate surface area is 130 Å². The molecule has 0 radical (unpaired) electrons. The maximum atomic E-state index is 12.3. The van der Waals surface area contributed by atoms with Gasteiger partial charge in [-0.05, 0) is 22.9 Å². The minimum atomic E-state index is -1.08. The molecule has 2 aromatic carbocycles. The van der Waals surface area contributed by atoms with Gasteiger partial charge in [0.15, 0.2) is 6.04 Å². The first-order valence-corrected chi connectivity index (χ1v) is 7.04. The smallest absolute Gasteiger partial charge is 0.330 e. The second-order valence-corrected chi connectivity index (χ2v) is 5.23. The van der Waals surface area contributed by atoms with Crippen LogP contribution < -0.4 is 5.32 Å². The fraction of sp³-hybridized carbons (Fsp3) is 0.200. The van der Waals surface area contributed by atoms with Gasteiger partial charge in [-0.3, -0.25) is 4.79 Å². The fourth-order valence-electron chi connectivity index (χ4n) is 2.02. The zero-order chi connectivity index (χ0) is 15.4. The number of carbonyl (C=O) groups excluding carboxylic acids is 2. The number of amides is 1. The molecule has 0 unspecified atom stereocenters. The first kappa shape index (κ1) is 15.5. The summed E-state index contributed by atoms with van der Waals surface area (Å²) >= 11 is 3.43. The fourth-order valence-corrected chi connectivity index (χ4v) is 2.50. The van der Waals surface area contributed by atoms with Gasteiger partial charge in [-0.2, -0.15) is 0 Å². The number of nitrogens with one attached hydrogen (secondary N) is 1. The molecule has 6 heteroatoms. The number of esters is 1. The Bertz CT molecular complexity index is 686. The summed E-state index contributed by atoms with van der Waals surface area (Å²) in [6.45, 7) is -0.521. The van der Waals surface area contributed by atoms with Crippen molar-refractivity contribution in [2.24, 2.45) is 0 Å². The molecule has 0 bridgehead atoms. The third-order valence-corrected chi connectivity index (χ3v) is 3.78. The second kappa shape index (κ2) is 6.69. The van der Waals surface area contributed by atoms with Crippen molar-refractivity contribution in [3.8, 4) is 0 Å². The molecule has 1 atom stereocenters. The number of aliphatic hydroxyl groups excluding tert-OH is 1. The topological polar surface area (TPSA) is 75.6 Å². The lowest BCUT2D eigenvalue weighted by Crippen LogP contribution is -2.44. The van der Waals surface area contributed by atoms with Crippen LogP contribution in [0.5, 0.6) is 0 Å². The summed E-state index contributed by atoms with van der Waals surface area (Å²) in [4.78, 5) is 23.7. The van der Waals surface area contributed by atoms with Gasteiger partial charge in [0.2, 0.25) is 0 Å². The van der Waals surface area contributed by atoms with Crippen LogP contribution in [0, 0.1) is 0 Å². The Balaban J connectivity index is 2.36. The minimum Gasteiger partial charge on any atom is -0.467 e. The predicted octanol–water partition coefficient (Wildman–Crippen LogP) is 1.87. The highest BCUT2D eigenvalue weighted by molar-refractivity contribution is 9.10. The van der Waals surface area contributed by atoms with E-state index in [0.29, 0.717) is 5.56 Å². The van der Waals surface area contributed by atoms with Gasteiger partial charge in [0.05, 0.1) is 13.7 Å². The normalized spacial score (nSPS) is 12.0. The van der Waals surface area contributed by atoms with E-state index in [-0.39, 0.29) is 0 Å². The number of hydrogen-bond donors (Lipinski definition) is 2. The van der Waals surface area contributed by atoms with Crippen molar-refractivity contribution in [1.82, 2.24) is 5.32 Å². The van der Waals surface area contributed by atoms with Crippen LogP contribution in [0.25, 0.3) is 10.8 Å². The number of methoxy groups -OCH3 is 1. The highest BCUT2D eigenvalue weighted by Crippen LogP contribution is 2.26. The predicted molar refractivity (Wildman–Crippen MR) is 82.0 cm³/mol. The number of halogens is 1. The van der Waals surface area contributed by atoms with E-state index in [1.807, 2.05) is 24.3 Å². The summed E-state index contributed by atoms with van der Waals surface area (Å²) in [6.07, 6.45) is 0. The van der Waals surface area contributed by atoms with Gasteiger partial charge in [-0.25, -0.2) is 4.79 Å². The van der Waals surface area contributed by atoms with E-state index in [0.717, 1.165) is 15.2 Å². The molecule has 0 aromatic heterocycles. The number of rotatable bonds is 4. The number of hydrogen-bond acceptors (Lipinski definition) is 4. The van der Waals surface area contributed by atoms with Crippen LogP contribution in [0.15, 0.2) is 40.9 Å². The molecule has 0 spiro atoms. The Hall–Kier alpha value is -1.92. The monoisotopic (exact) mass is 351 g/mol. The van der Waals surface area contributed by atoms with Gasteiger partial charge in [0.1, 0.15) is 0 Å². The lowest BCUT2D eigenvalue weighted by Gasteiger charge is -2.15. The average molecular weight is 352 g/mol. The van der Waals surface area contributed by atoms with Crippen LogP contribution in [-0.4, -0.2) is 36.7 Å². The minimum absolute atomic E-state index is 0.427. The molecule has 2 N–H and O–H groups in total. The molecule has 21 heavy (non-hydrogen) atoms. The van der Waals surface area contributed by atoms with E-state index < -0.39 is 24.5 Å². The first-order chi connectivity index (χ1) is 10.1. The lowest BCUT2D eigenvalue weighted by molar-refractivity contribution is -0.143. The molecular weight excluding hydrogens is 338 g/mol. The number of benzene rings is 2. The van der Waals surface area contributed by atoms with Gasteiger partial charge < -0.3 is 15.2 Å². The molecular formula is C15H14BrNO4. The lowest BCUT2D eigenvalue weighted by atomic mass is 10.0. The van der Waals surface area contributed by atoms with Gasteiger partial charge >= 0.3 is 5.97 Å². The van der Waals surface area contributed by atoms with Gasteiger partial charge in [-0.15, -0.1) is 0 Å². The summed E-state index contributed by atoms with van der Waals surface area (Å²) in [7, 11) is 1.20. The van der Waals surface area contributed by atoms with Crippen LogP contribution in [-0.2, 0) is 9.53 Å². The molecule has 0 fully saturated rings. The molecule has 0 saturated heterocycles. The Morgan fingerprint density at radius 2 is 1.90 bits per heavy atom. The summed E-state index contributed by atoms with van der Waals surface area (Å²) in [6, 6.07) is 9.76. The largest absolute Gasteiger partial charge is 0.467 e. The van der Waals surface area contributed by atoms with Crippen LogP contribution in [0.2, 0.25) is 0 Å². The molecule has 0 aliphatic heterocycles. The van der Waals surface area contributed by atoms with E-state index in [2.05, 4.69) is 26.0 Å². The number of fused-ring (bicyclic) bond motifs is 1. The molecule has 0 aliphatic carbocycles. The third-order valence-electron chi connectivity index (χ3n) is 3.09. The third kappa shape index (κ3) is 3.22. The number of carbonyl (C=O) groups is 2. The van der Waals surface area contributed by atoms with Crippen molar-refractivity contribution < 1.29 is 19.4 Å². The van der Waals surface area contributed by atoms with Crippen molar-refractivity contribution in [2.45, 2.75) is 6.04 Å². The maximum Gasteiger partial charge on any atom is 0.330 e. The molecule has 2 aromatic rings. The van der Waals surface area contributed by atoms with Crippen LogP contribution in [0.4, 0.5) is 0 Å². The van der Waals surface area contributed by atoms with E-state index in [1.165, 1.54) is 7.11 Å². The second-order valence-electron chi connectivity index (χ2n) is 4.37. The summed E-state index contributed by atoms with van der Waals surface area (Å²) < 4.78 is 5.40. The SMILES string of the molecule is COC(=O)[C@H](CO)NC(=O)c1ccc(Br)c2ccccc12. The van der Waals surface area contributed by atoms with Gasteiger partial charge in [0.25, 0.3) is 5.91 Å². The highest BCUT2D eigenvalue weighted by Gasteiger charge is 2.22. The Kier molecular flexibility index (Phi) is 4.93. The summed E-state index contributed by atoms with van der Waals surface area (Å²) in [5.41, 5.74) is 0.427. The molecule has 2 rings (SSSR count). The number of ether oxygens (including phenoxy) is 1. The van der Waals surface area contributed by atoms with E-state index in [4.69, 9.17) is 5.11 Å². The Morgan fingerprint density at radius 1 is 1.24 bits per heavy atom. The molecule has 0 aliphatic rings. The van der Waals surface area contributed by atoms with Crippen molar-refractivity contribution in [1.29, 1.82) is 0 Å². The van der Waals surface area contributed by atoms with Crippen LogP contribution >= 0.6 is 15.9 Å². The van der Waals surface area contributed by atoms with Crippen LogP contribution in [0.3, 0.4) is 0 Å². The van der Waals surface area contributed by atoms with Crippen LogP contribution in [0.1, 0.15) is 10.4 Å². The molecule has 0 saturated carbocycles. The quantitative estimate of drug-likeness (QED) is 0.824. The zero-order valence-corrected chi connectivity index (χ0v) is 12.9. The summed E-state index contributed by atoms with van der Waals surface area (Å²) in [5, 5.41) is 13.3. The van der Waals surface area contributed by atoms with Crippen molar-refractivity contribution in [2.75, 3.05) is 13.7 Å². The van der Waals surface area contributed by atoms with Crippen molar-refractivity contribution in [3.05, 3.63) is 46.4 Å². The van der Waals surface area contributed by atoms with Crippen molar-refractivity contribution >= 4 is 38.6 Å². The zero-order valence-electron chi connectivity index (χ0n) is 11.3. The van der Waals surface area contributed by atoms with E-state index >= 15 is 0 Å². The highest BCUT2D eigenvalue weighted by atomic mass is 79.9.